The van der Waals surface area contributed by atoms with Crippen molar-refractivity contribution in [2.45, 2.75) is 39.2 Å². The van der Waals surface area contributed by atoms with Crippen molar-refractivity contribution in [3.05, 3.63) is 60.4 Å². The lowest BCUT2D eigenvalue weighted by Crippen LogP contribution is -2.15. The summed E-state index contributed by atoms with van der Waals surface area (Å²) in [5.74, 6) is 0.736. The van der Waals surface area contributed by atoms with Gasteiger partial charge in [-0.15, -0.1) is 0 Å². The fourth-order valence-corrected chi connectivity index (χ4v) is 5.30. The van der Waals surface area contributed by atoms with Crippen LogP contribution in [0.4, 0.5) is 11.4 Å². The highest BCUT2D eigenvalue weighted by atomic mass is 32.2. The Morgan fingerprint density at radius 2 is 1.91 bits per heavy atom. The Bertz CT molecular complexity index is 1460. The minimum absolute atomic E-state index is 0.0929. The quantitative estimate of drug-likeness (QED) is 0.358. The van der Waals surface area contributed by atoms with Gasteiger partial charge in [0.2, 0.25) is 10.0 Å². The minimum Gasteiger partial charge on any atom is -0.424 e. The maximum atomic E-state index is 12.1. The molecular formula is C25H27N5O3S. The van der Waals surface area contributed by atoms with Crippen molar-refractivity contribution in [2.24, 2.45) is 0 Å². The predicted molar refractivity (Wildman–Crippen MR) is 135 cm³/mol. The van der Waals surface area contributed by atoms with Crippen LogP contribution in [-0.2, 0) is 10.0 Å². The van der Waals surface area contributed by atoms with E-state index in [2.05, 4.69) is 19.3 Å². The zero-order valence-electron chi connectivity index (χ0n) is 19.2. The van der Waals surface area contributed by atoms with Gasteiger partial charge in [-0.05, 0) is 56.5 Å². The largest absolute Gasteiger partial charge is 0.424 e. The van der Waals surface area contributed by atoms with Crippen LogP contribution in [0.15, 0.2) is 54.7 Å². The van der Waals surface area contributed by atoms with Gasteiger partial charge >= 0.3 is 6.01 Å². The number of ether oxygens (including phenoxy) is 1. The summed E-state index contributed by atoms with van der Waals surface area (Å²) in [6.07, 6.45) is 4.40. The number of benzene rings is 2. The molecule has 0 amide bonds. The zero-order valence-corrected chi connectivity index (χ0v) is 20.0. The lowest BCUT2D eigenvalue weighted by atomic mass is 10.1. The Hall–Kier alpha value is -3.59. The zero-order chi connectivity index (χ0) is 23.9. The van der Waals surface area contributed by atoms with Gasteiger partial charge in [0.25, 0.3) is 0 Å². The highest BCUT2D eigenvalue weighted by molar-refractivity contribution is 7.92. The summed E-state index contributed by atoms with van der Waals surface area (Å²) >= 11 is 0. The Morgan fingerprint density at radius 3 is 2.59 bits per heavy atom. The van der Waals surface area contributed by atoms with E-state index in [-0.39, 0.29) is 5.75 Å². The topological polar surface area (TPSA) is 112 Å². The van der Waals surface area contributed by atoms with E-state index < -0.39 is 10.0 Å². The number of sulfonamides is 1. The van der Waals surface area contributed by atoms with Gasteiger partial charge in [0, 0.05) is 40.6 Å². The molecule has 0 spiro atoms. The molecule has 0 bridgehead atoms. The van der Waals surface area contributed by atoms with E-state index in [0.29, 0.717) is 35.6 Å². The molecule has 5 rings (SSSR count). The molecule has 2 heterocycles. The molecule has 1 fully saturated rings. The van der Waals surface area contributed by atoms with Gasteiger partial charge in [-0.3, -0.25) is 4.72 Å². The maximum Gasteiger partial charge on any atom is 0.322 e. The average Bonchev–Trinajstić information content (AvgIpc) is 3.58. The van der Waals surface area contributed by atoms with E-state index >= 15 is 0 Å². The summed E-state index contributed by atoms with van der Waals surface area (Å²) in [5.41, 5.74) is 11.6. The maximum absolute atomic E-state index is 12.1. The third-order valence-electron chi connectivity index (χ3n) is 5.81. The van der Waals surface area contributed by atoms with Crippen molar-refractivity contribution in [3.8, 4) is 23.0 Å². The van der Waals surface area contributed by atoms with Crippen molar-refractivity contribution in [2.75, 3.05) is 16.2 Å². The van der Waals surface area contributed by atoms with Gasteiger partial charge in [0.15, 0.2) is 0 Å². The number of nitrogen functional groups attached to an aromatic ring is 1. The van der Waals surface area contributed by atoms with Crippen LogP contribution in [0, 0.1) is 6.92 Å². The van der Waals surface area contributed by atoms with Crippen molar-refractivity contribution in [3.63, 3.8) is 0 Å². The van der Waals surface area contributed by atoms with Crippen LogP contribution in [-0.4, -0.2) is 28.7 Å². The monoisotopic (exact) mass is 477 g/mol. The molecule has 0 saturated heterocycles. The standard InChI is InChI=1S/C25H27N5O3S/c1-3-14-34(31,32)29-18-6-4-17(5-7-18)24-23(26)21-11-10-20(15-22(21)30(24)19-8-9-19)33-25-27-13-12-16(2)28-25/h4-7,10-13,15,19,29H,3,8-9,14,26H2,1-2H3. The van der Waals surface area contributed by atoms with Crippen LogP contribution in [0.3, 0.4) is 0 Å². The summed E-state index contributed by atoms with van der Waals surface area (Å²) in [6.45, 7) is 3.73. The Labute approximate surface area is 198 Å². The van der Waals surface area contributed by atoms with Crippen molar-refractivity contribution in [1.29, 1.82) is 0 Å². The molecule has 3 N–H and O–H groups in total. The second-order valence-electron chi connectivity index (χ2n) is 8.62. The van der Waals surface area contributed by atoms with E-state index in [4.69, 9.17) is 10.5 Å². The third kappa shape index (κ3) is 4.43. The number of hydrogen-bond acceptors (Lipinski definition) is 6. The van der Waals surface area contributed by atoms with Gasteiger partial charge in [-0.1, -0.05) is 19.1 Å². The lowest BCUT2D eigenvalue weighted by Gasteiger charge is -2.12. The molecule has 176 valence electrons. The molecule has 1 saturated carbocycles. The van der Waals surface area contributed by atoms with Crippen LogP contribution in [0.5, 0.6) is 11.8 Å². The smallest absolute Gasteiger partial charge is 0.322 e. The lowest BCUT2D eigenvalue weighted by molar-refractivity contribution is 0.441. The molecule has 1 aliphatic rings. The predicted octanol–water partition coefficient (Wildman–Crippen LogP) is 5.27. The van der Waals surface area contributed by atoms with Crippen LogP contribution >= 0.6 is 0 Å². The molecule has 0 radical (unpaired) electrons. The van der Waals surface area contributed by atoms with Crippen molar-refractivity contribution < 1.29 is 13.2 Å². The normalized spacial score (nSPS) is 13.8. The van der Waals surface area contributed by atoms with Crippen molar-refractivity contribution in [1.82, 2.24) is 14.5 Å². The van der Waals surface area contributed by atoms with Crippen LogP contribution < -0.4 is 15.2 Å². The molecule has 2 aromatic heterocycles. The number of hydrogen-bond donors (Lipinski definition) is 2. The van der Waals surface area contributed by atoms with E-state index in [0.717, 1.165) is 40.7 Å². The van der Waals surface area contributed by atoms with Gasteiger partial charge in [0.1, 0.15) is 5.75 Å². The Balaban J connectivity index is 1.52. The first-order valence-corrected chi connectivity index (χ1v) is 13.0. The number of nitrogens with one attached hydrogen (secondary N) is 1. The first kappa shape index (κ1) is 22.2. The van der Waals surface area contributed by atoms with E-state index in [1.165, 1.54) is 0 Å². The van der Waals surface area contributed by atoms with E-state index in [1.807, 2.05) is 50.2 Å². The number of anilines is 2. The minimum atomic E-state index is -3.34. The Morgan fingerprint density at radius 1 is 1.15 bits per heavy atom. The van der Waals surface area contributed by atoms with Gasteiger partial charge < -0.3 is 15.0 Å². The summed E-state index contributed by atoms with van der Waals surface area (Å²) in [5, 5.41) is 0.951. The second kappa shape index (κ2) is 8.64. The second-order valence-corrected chi connectivity index (χ2v) is 10.5. The molecule has 2 aromatic carbocycles. The molecule has 4 aromatic rings. The number of rotatable bonds is 8. The van der Waals surface area contributed by atoms with Gasteiger partial charge in [-0.2, -0.15) is 0 Å². The highest BCUT2D eigenvalue weighted by Gasteiger charge is 2.30. The number of fused-ring (bicyclic) bond motifs is 1. The van der Waals surface area contributed by atoms with E-state index in [9.17, 15) is 8.42 Å². The SMILES string of the molecule is CCCS(=O)(=O)Nc1ccc(-c2c(N)c3ccc(Oc4nccc(C)n4)cc3n2C2CC2)cc1. The van der Waals surface area contributed by atoms with Crippen molar-refractivity contribution >= 4 is 32.3 Å². The number of nitrogens with zero attached hydrogens (tertiary/aromatic N) is 3. The molecular weight excluding hydrogens is 450 g/mol. The summed E-state index contributed by atoms with van der Waals surface area (Å²) in [7, 11) is -3.34. The molecule has 1 aliphatic carbocycles. The molecule has 0 unspecified atom stereocenters. The average molecular weight is 478 g/mol. The molecule has 8 nitrogen and oxygen atoms in total. The van der Waals surface area contributed by atoms with Crippen LogP contribution in [0.1, 0.15) is 37.9 Å². The Kier molecular flexibility index (Phi) is 5.65. The number of aromatic nitrogens is 3. The van der Waals surface area contributed by atoms with Gasteiger partial charge in [-0.25, -0.2) is 18.4 Å². The fraction of sp³-hybridized carbons (Fsp3) is 0.280. The third-order valence-corrected chi connectivity index (χ3v) is 7.31. The van der Waals surface area contributed by atoms with Gasteiger partial charge in [0.05, 0.1) is 22.7 Å². The van der Waals surface area contributed by atoms with E-state index in [1.54, 1.807) is 18.3 Å². The fourth-order valence-electron chi connectivity index (χ4n) is 4.16. The summed E-state index contributed by atoms with van der Waals surface area (Å²) in [6, 6.07) is 15.7. The first-order chi connectivity index (χ1) is 16.3. The molecule has 0 atom stereocenters. The van der Waals surface area contributed by atoms with Crippen LogP contribution in [0.25, 0.3) is 22.2 Å². The summed E-state index contributed by atoms with van der Waals surface area (Å²) in [4.78, 5) is 8.51. The number of nitrogens with two attached hydrogens (primary N) is 1. The highest BCUT2D eigenvalue weighted by Crippen LogP contribution is 2.47. The molecule has 34 heavy (non-hydrogen) atoms. The molecule has 0 aliphatic heterocycles. The molecule has 9 heteroatoms. The summed E-state index contributed by atoms with van der Waals surface area (Å²) < 4.78 is 35.0. The number of aryl methyl sites for hydroxylation is 1. The van der Waals surface area contributed by atoms with Crippen LogP contribution in [0.2, 0.25) is 0 Å². The first-order valence-electron chi connectivity index (χ1n) is 11.4.